The van der Waals surface area contributed by atoms with Crippen LogP contribution in [0, 0.1) is 24.7 Å². The van der Waals surface area contributed by atoms with Crippen LogP contribution in [0.2, 0.25) is 0 Å². The van der Waals surface area contributed by atoms with Crippen LogP contribution in [0.3, 0.4) is 0 Å². The van der Waals surface area contributed by atoms with E-state index < -0.39 is 0 Å². The Kier molecular flexibility index (Phi) is 6.58. The second-order valence-corrected chi connectivity index (χ2v) is 7.65. The number of nitrogens with zero attached hydrogens (tertiary/aromatic N) is 1. The van der Waals surface area contributed by atoms with E-state index in [-0.39, 0.29) is 29.8 Å². The van der Waals surface area contributed by atoms with Crippen molar-refractivity contribution in [1.82, 2.24) is 10.2 Å². The Hall–Kier alpha value is -2.52. The SMILES string of the molecule is CC#CC1CN(C(=O)CCCN)CC[C@H]1NC(=O)C1Cc2cccc(C)c2N1. The third-order valence-electron chi connectivity index (χ3n) is 5.64. The van der Waals surface area contributed by atoms with Crippen LogP contribution in [0.4, 0.5) is 5.69 Å². The monoisotopic (exact) mass is 382 g/mol. The van der Waals surface area contributed by atoms with Crippen LogP contribution in [-0.2, 0) is 16.0 Å². The number of likely N-dealkylation sites (tertiary alicyclic amines) is 1. The summed E-state index contributed by atoms with van der Waals surface area (Å²) >= 11 is 0. The number of benzene rings is 1. The highest BCUT2D eigenvalue weighted by atomic mass is 16.2. The van der Waals surface area contributed by atoms with E-state index in [4.69, 9.17) is 5.73 Å². The Morgan fingerprint density at radius 1 is 1.39 bits per heavy atom. The van der Waals surface area contributed by atoms with Gasteiger partial charge in [-0.05, 0) is 44.4 Å². The number of hydrogen-bond donors (Lipinski definition) is 3. The summed E-state index contributed by atoms with van der Waals surface area (Å²) in [6.45, 7) is 5.58. The fourth-order valence-electron chi connectivity index (χ4n) is 4.09. The van der Waals surface area contributed by atoms with Gasteiger partial charge in [0.25, 0.3) is 0 Å². The van der Waals surface area contributed by atoms with E-state index in [0.29, 0.717) is 38.9 Å². The molecule has 0 bridgehead atoms. The molecular weight excluding hydrogens is 352 g/mol. The van der Waals surface area contributed by atoms with Crippen molar-refractivity contribution >= 4 is 17.5 Å². The van der Waals surface area contributed by atoms with Crippen molar-refractivity contribution in [2.45, 2.75) is 51.6 Å². The van der Waals surface area contributed by atoms with E-state index >= 15 is 0 Å². The quantitative estimate of drug-likeness (QED) is 0.673. The minimum Gasteiger partial charge on any atom is -0.373 e. The number of fused-ring (bicyclic) bond motifs is 1. The summed E-state index contributed by atoms with van der Waals surface area (Å²) in [4.78, 5) is 27.1. The second kappa shape index (κ2) is 9.11. The van der Waals surface area contributed by atoms with Crippen LogP contribution < -0.4 is 16.4 Å². The summed E-state index contributed by atoms with van der Waals surface area (Å²) in [6.07, 6.45) is 2.60. The number of carbonyl (C=O) groups excluding carboxylic acids is 2. The Labute approximate surface area is 167 Å². The molecule has 1 aromatic rings. The van der Waals surface area contributed by atoms with Gasteiger partial charge in [-0.25, -0.2) is 0 Å². The molecule has 2 aliphatic rings. The Morgan fingerprint density at radius 2 is 2.21 bits per heavy atom. The third kappa shape index (κ3) is 4.48. The van der Waals surface area contributed by atoms with E-state index in [1.807, 2.05) is 11.0 Å². The average Bonchev–Trinajstić information content (AvgIpc) is 3.13. The lowest BCUT2D eigenvalue weighted by Crippen LogP contribution is -2.54. The van der Waals surface area contributed by atoms with Gasteiger partial charge in [-0.15, -0.1) is 5.92 Å². The number of nitrogens with one attached hydrogen (secondary N) is 2. The molecule has 150 valence electrons. The Bertz CT molecular complexity index is 795. The fraction of sp³-hybridized carbons (Fsp3) is 0.545. The van der Waals surface area contributed by atoms with E-state index in [1.165, 1.54) is 5.56 Å². The average molecular weight is 383 g/mol. The van der Waals surface area contributed by atoms with Crippen LogP contribution in [0.5, 0.6) is 0 Å². The molecule has 1 aromatic carbocycles. The number of para-hydroxylation sites is 1. The van der Waals surface area contributed by atoms with Gasteiger partial charge in [0.05, 0.1) is 5.92 Å². The van der Waals surface area contributed by atoms with E-state index in [9.17, 15) is 9.59 Å². The molecule has 0 saturated carbocycles. The first-order valence-corrected chi connectivity index (χ1v) is 10.1. The summed E-state index contributed by atoms with van der Waals surface area (Å²) < 4.78 is 0. The maximum Gasteiger partial charge on any atom is 0.243 e. The highest BCUT2D eigenvalue weighted by Crippen LogP contribution is 2.29. The summed E-state index contributed by atoms with van der Waals surface area (Å²) in [6, 6.07) is 5.86. The van der Waals surface area contributed by atoms with Gasteiger partial charge in [0.1, 0.15) is 6.04 Å². The molecule has 2 amide bonds. The number of nitrogens with two attached hydrogens (primary N) is 1. The van der Waals surface area contributed by atoms with Gasteiger partial charge < -0.3 is 21.3 Å². The van der Waals surface area contributed by atoms with Crippen molar-refractivity contribution in [3.63, 3.8) is 0 Å². The molecule has 2 unspecified atom stereocenters. The first kappa shape index (κ1) is 20.2. The summed E-state index contributed by atoms with van der Waals surface area (Å²) in [5, 5.41) is 6.56. The first-order valence-electron chi connectivity index (χ1n) is 10.1. The molecule has 0 radical (unpaired) electrons. The standard InChI is InChI=1S/C22H30N4O2/c1-3-6-17-14-26(20(27)9-5-11-23)12-10-18(17)25-22(28)19-13-16-8-4-7-15(2)21(16)24-19/h4,7-8,17-19,24H,5,9-14,23H2,1-2H3,(H,25,28)/t17?,18-,19?/m1/s1. The Balaban J connectivity index is 1.60. The molecule has 6 nitrogen and oxygen atoms in total. The fourth-order valence-corrected chi connectivity index (χ4v) is 4.09. The van der Waals surface area contributed by atoms with Gasteiger partial charge in [0, 0.05) is 37.7 Å². The minimum atomic E-state index is -0.254. The first-order chi connectivity index (χ1) is 13.5. The number of anilines is 1. The molecule has 3 atom stereocenters. The van der Waals surface area contributed by atoms with Crippen molar-refractivity contribution in [2.75, 3.05) is 25.0 Å². The van der Waals surface area contributed by atoms with E-state index in [0.717, 1.165) is 17.7 Å². The summed E-state index contributed by atoms with van der Waals surface area (Å²) in [5.41, 5.74) is 8.93. The van der Waals surface area contributed by atoms with Gasteiger partial charge in [0.2, 0.25) is 11.8 Å². The summed E-state index contributed by atoms with van der Waals surface area (Å²) in [7, 11) is 0. The van der Waals surface area contributed by atoms with Crippen molar-refractivity contribution < 1.29 is 9.59 Å². The smallest absolute Gasteiger partial charge is 0.243 e. The van der Waals surface area contributed by atoms with Crippen LogP contribution in [0.15, 0.2) is 18.2 Å². The lowest BCUT2D eigenvalue weighted by atomic mass is 9.91. The summed E-state index contributed by atoms with van der Waals surface area (Å²) in [5.74, 6) is 6.24. The Morgan fingerprint density at radius 3 is 2.93 bits per heavy atom. The molecule has 1 saturated heterocycles. The van der Waals surface area contributed by atoms with Gasteiger partial charge in [-0.1, -0.05) is 24.1 Å². The molecule has 2 heterocycles. The number of carbonyl (C=O) groups is 2. The van der Waals surface area contributed by atoms with Crippen LogP contribution in [-0.4, -0.2) is 48.4 Å². The van der Waals surface area contributed by atoms with Crippen molar-refractivity contribution in [3.8, 4) is 11.8 Å². The normalized spacial score (nSPS) is 23.2. The number of aryl methyl sites for hydroxylation is 1. The van der Waals surface area contributed by atoms with Crippen molar-refractivity contribution in [2.24, 2.45) is 11.7 Å². The lowest BCUT2D eigenvalue weighted by Gasteiger charge is -2.37. The highest BCUT2D eigenvalue weighted by Gasteiger charge is 2.34. The van der Waals surface area contributed by atoms with Gasteiger partial charge in [-0.2, -0.15) is 0 Å². The van der Waals surface area contributed by atoms with Crippen LogP contribution >= 0.6 is 0 Å². The van der Waals surface area contributed by atoms with E-state index in [1.54, 1.807) is 6.92 Å². The predicted octanol–water partition coefficient (Wildman–Crippen LogP) is 1.43. The number of hydrogen-bond acceptors (Lipinski definition) is 4. The van der Waals surface area contributed by atoms with E-state index in [2.05, 4.69) is 41.5 Å². The molecule has 4 N–H and O–H groups in total. The van der Waals surface area contributed by atoms with Gasteiger partial charge >= 0.3 is 0 Å². The van der Waals surface area contributed by atoms with Crippen molar-refractivity contribution in [3.05, 3.63) is 29.3 Å². The predicted molar refractivity (Wildman–Crippen MR) is 111 cm³/mol. The lowest BCUT2D eigenvalue weighted by molar-refractivity contribution is -0.133. The van der Waals surface area contributed by atoms with Crippen molar-refractivity contribution in [1.29, 1.82) is 0 Å². The molecule has 3 rings (SSSR count). The van der Waals surface area contributed by atoms with Gasteiger partial charge in [0.15, 0.2) is 0 Å². The maximum atomic E-state index is 12.9. The molecule has 28 heavy (non-hydrogen) atoms. The van der Waals surface area contributed by atoms with Crippen LogP contribution in [0.1, 0.15) is 37.3 Å². The topological polar surface area (TPSA) is 87.5 Å². The number of rotatable bonds is 5. The zero-order valence-corrected chi connectivity index (χ0v) is 16.8. The zero-order valence-electron chi connectivity index (χ0n) is 16.8. The van der Waals surface area contributed by atoms with Gasteiger partial charge in [-0.3, -0.25) is 9.59 Å². The molecule has 2 aliphatic heterocycles. The number of piperidine rings is 1. The minimum absolute atomic E-state index is 0.00594. The molecule has 1 fully saturated rings. The zero-order chi connectivity index (χ0) is 20.1. The molecule has 6 heteroatoms. The maximum absolute atomic E-state index is 12.9. The highest BCUT2D eigenvalue weighted by molar-refractivity contribution is 5.88. The molecule has 0 aromatic heterocycles. The third-order valence-corrected chi connectivity index (χ3v) is 5.64. The molecular formula is C22H30N4O2. The molecule has 0 aliphatic carbocycles. The largest absolute Gasteiger partial charge is 0.373 e. The number of amides is 2. The molecule has 0 spiro atoms. The second-order valence-electron chi connectivity index (χ2n) is 7.65. The van der Waals surface area contributed by atoms with Crippen LogP contribution in [0.25, 0.3) is 0 Å².